The highest BCUT2D eigenvalue weighted by molar-refractivity contribution is 8.00. The Morgan fingerprint density at radius 3 is 2.75 bits per heavy atom. The first kappa shape index (κ1) is 20.4. The van der Waals surface area contributed by atoms with Gasteiger partial charge in [0.2, 0.25) is 11.1 Å². The summed E-state index contributed by atoms with van der Waals surface area (Å²) < 4.78 is 1.58. The van der Waals surface area contributed by atoms with Gasteiger partial charge in [0.25, 0.3) is 0 Å². The predicted octanol–water partition coefficient (Wildman–Crippen LogP) is 4.95. The third kappa shape index (κ3) is 4.72. The van der Waals surface area contributed by atoms with Gasteiger partial charge < -0.3 is 5.32 Å². The van der Waals surface area contributed by atoms with E-state index in [0.29, 0.717) is 16.1 Å². The molecule has 1 aromatic heterocycles. The van der Waals surface area contributed by atoms with E-state index < -0.39 is 0 Å². The average molecular weight is 416 g/mol. The first-order valence-corrected chi connectivity index (χ1v) is 10.4. The number of rotatable bonds is 7. The van der Waals surface area contributed by atoms with Crippen molar-refractivity contribution in [2.75, 3.05) is 5.32 Å². The zero-order valence-corrected chi connectivity index (χ0v) is 17.5. The zero-order valence-electron chi connectivity index (χ0n) is 16.0. The number of amides is 1. The molecule has 1 N–H and O–H groups in total. The van der Waals surface area contributed by atoms with E-state index in [2.05, 4.69) is 40.8 Å². The molecule has 1 amide bonds. The Labute approximate surface area is 173 Å². The smallest absolute Gasteiger partial charge is 0.237 e. The molecule has 0 radical (unpaired) electrons. The highest BCUT2D eigenvalue weighted by atomic mass is 35.5. The van der Waals surface area contributed by atoms with Crippen molar-refractivity contribution in [2.24, 2.45) is 0 Å². The minimum atomic E-state index is -0.381. The summed E-state index contributed by atoms with van der Waals surface area (Å²) in [5, 5.41) is 15.6. The minimum Gasteiger partial charge on any atom is -0.325 e. The molecular formula is C20H22ClN5OS. The molecule has 28 heavy (non-hydrogen) atoms. The second-order valence-electron chi connectivity index (χ2n) is 6.50. The van der Waals surface area contributed by atoms with Crippen molar-refractivity contribution in [3.63, 3.8) is 0 Å². The highest BCUT2D eigenvalue weighted by Crippen LogP contribution is 2.28. The fraction of sp³-hybridized carbons (Fsp3) is 0.300. The molecule has 0 spiro atoms. The van der Waals surface area contributed by atoms with Gasteiger partial charge in [-0.3, -0.25) is 4.79 Å². The molecule has 2 atom stereocenters. The van der Waals surface area contributed by atoms with Gasteiger partial charge in [-0.1, -0.05) is 61.5 Å². The Hall–Kier alpha value is -2.38. The Morgan fingerprint density at radius 2 is 2.00 bits per heavy atom. The van der Waals surface area contributed by atoms with E-state index in [1.165, 1.54) is 11.8 Å². The number of thioether (sulfide) groups is 1. The molecule has 0 fully saturated rings. The molecule has 0 bridgehead atoms. The lowest BCUT2D eigenvalue weighted by molar-refractivity contribution is -0.115. The van der Waals surface area contributed by atoms with Gasteiger partial charge in [0.05, 0.1) is 10.9 Å². The Balaban J connectivity index is 1.74. The molecule has 0 aliphatic carbocycles. The van der Waals surface area contributed by atoms with Crippen LogP contribution in [0, 0.1) is 0 Å². The number of tetrazole rings is 1. The zero-order chi connectivity index (χ0) is 20.1. The first-order chi connectivity index (χ1) is 13.5. The molecule has 0 aliphatic heterocycles. The number of carbonyl (C=O) groups excluding carboxylic acids is 1. The monoisotopic (exact) mass is 415 g/mol. The topological polar surface area (TPSA) is 72.7 Å². The van der Waals surface area contributed by atoms with Crippen LogP contribution in [0.1, 0.15) is 38.7 Å². The lowest BCUT2D eigenvalue weighted by atomic mass is 9.97. The van der Waals surface area contributed by atoms with Crippen LogP contribution in [0.5, 0.6) is 0 Å². The molecule has 0 aliphatic rings. The lowest BCUT2D eigenvalue weighted by Gasteiger charge is -2.17. The number of anilines is 1. The van der Waals surface area contributed by atoms with E-state index in [1.54, 1.807) is 16.8 Å². The van der Waals surface area contributed by atoms with Gasteiger partial charge in [-0.2, -0.15) is 4.68 Å². The molecule has 0 saturated carbocycles. The van der Waals surface area contributed by atoms with Crippen LogP contribution >= 0.6 is 23.4 Å². The van der Waals surface area contributed by atoms with Gasteiger partial charge >= 0.3 is 0 Å². The van der Waals surface area contributed by atoms with Crippen molar-refractivity contribution in [1.82, 2.24) is 20.2 Å². The number of halogens is 1. The Bertz CT molecular complexity index is 961. The third-order valence-electron chi connectivity index (χ3n) is 4.51. The van der Waals surface area contributed by atoms with Gasteiger partial charge in [0.15, 0.2) is 0 Å². The number of hydrogen-bond acceptors (Lipinski definition) is 5. The summed E-state index contributed by atoms with van der Waals surface area (Å²) in [6.07, 6.45) is 1.01. The molecule has 3 aromatic rings. The van der Waals surface area contributed by atoms with E-state index in [4.69, 9.17) is 11.6 Å². The van der Waals surface area contributed by atoms with Crippen LogP contribution in [0.4, 0.5) is 5.69 Å². The van der Waals surface area contributed by atoms with Crippen LogP contribution in [0.25, 0.3) is 5.69 Å². The van der Waals surface area contributed by atoms with Crippen molar-refractivity contribution in [1.29, 1.82) is 0 Å². The first-order valence-electron chi connectivity index (χ1n) is 9.10. The second kappa shape index (κ2) is 9.21. The average Bonchev–Trinajstić information content (AvgIpc) is 3.16. The molecule has 0 saturated heterocycles. The van der Waals surface area contributed by atoms with Gasteiger partial charge in [-0.15, -0.1) is 5.10 Å². The molecule has 8 heteroatoms. The van der Waals surface area contributed by atoms with Crippen molar-refractivity contribution < 1.29 is 4.79 Å². The summed E-state index contributed by atoms with van der Waals surface area (Å²) in [5.41, 5.74) is 2.73. The van der Waals surface area contributed by atoms with E-state index in [0.717, 1.165) is 23.4 Å². The third-order valence-corrected chi connectivity index (χ3v) is 5.78. The maximum atomic E-state index is 12.8. The van der Waals surface area contributed by atoms with Gasteiger partial charge in [-0.05, 0) is 59.5 Å². The quantitative estimate of drug-likeness (QED) is 0.553. The van der Waals surface area contributed by atoms with Gasteiger partial charge in [0, 0.05) is 10.7 Å². The molecule has 1 heterocycles. The lowest BCUT2D eigenvalue weighted by Crippen LogP contribution is -2.23. The van der Waals surface area contributed by atoms with E-state index in [1.807, 2.05) is 37.3 Å². The van der Waals surface area contributed by atoms with Crippen molar-refractivity contribution in [3.8, 4) is 5.69 Å². The summed E-state index contributed by atoms with van der Waals surface area (Å²) in [7, 11) is 0. The second-order valence-corrected chi connectivity index (χ2v) is 8.24. The van der Waals surface area contributed by atoms with Crippen LogP contribution in [0.3, 0.4) is 0 Å². The van der Waals surface area contributed by atoms with Gasteiger partial charge in [0.1, 0.15) is 0 Å². The fourth-order valence-electron chi connectivity index (χ4n) is 2.73. The maximum Gasteiger partial charge on any atom is 0.237 e. The largest absolute Gasteiger partial charge is 0.325 e. The molecule has 0 unspecified atom stereocenters. The van der Waals surface area contributed by atoms with Crippen molar-refractivity contribution >= 4 is 35.0 Å². The summed E-state index contributed by atoms with van der Waals surface area (Å²) in [5.74, 6) is 0.274. The fourth-order valence-corrected chi connectivity index (χ4v) is 3.72. The number of aromatic nitrogens is 4. The van der Waals surface area contributed by atoms with Crippen LogP contribution in [-0.4, -0.2) is 31.4 Å². The summed E-state index contributed by atoms with van der Waals surface area (Å²) in [4.78, 5) is 12.8. The summed E-state index contributed by atoms with van der Waals surface area (Å²) >= 11 is 7.36. The van der Waals surface area contributed by atoms with Crippen LogP contribution in [-0.2, 0) is 4.79 Å². The Morgan fingerprint density at radius 1 is 1.21 bits per heavy atom. The normalized spacial score (nSPS) is 13.1. The summed E-state index contributed by atoms with van der Waals surface area (Å²) in [6, 6.07) is 15.2. The van der Waals surface area contributed by atoms with Crippen LogP contribution < -0.4 is 5.32 Å². The molecule has 3 rings (SSSR count). The maximum absolute atomic E-state index is 12.8. The van der Waals surface area contributed by atoms with E-state index in [-0.39, 0.29) is 11.2 Å². The number of hydrogen-bond donors (Lipinski definition) is 1. The number of nitrogens with one attached hydrogen (secondary N) is 1. The predicted molar refractivity (Wildman–Crippen MR) is 113 cm³/mol. The molecule has 6 nitrogen and oxygen atoms in total. The minimum absolute atomic E-state index is 0.0959. The summed E-state index contributed by atoms with van der Waals surface area (Å²) in [6.45, 7) is 6.13. The van der Waals surface area contributed by atoms with Crippen LogP contribution in [0.15, 0.2) is 53.7 Å². The van der Waals surface area contributed by atoms with Crippen LogP contribution in [0.2, 0.25) is 5.02 Å². The SMILES string of the molecule is CC[C@H](C)c1ccccc1NC(=O)[C@@H](C)Sc1nnnn1-c1cccc(Cl)c1. The highest BCUT2D eigenvalue weighted by Gasteiger charge is 2.21. The van der Waals surface area contributed by atoms with Gasteiger partial charge in [-0.25, -0.2) is 0 Å². The van der Waals surface area contributed by atoms with Crippen molar-refractivity contribution in [2.45, 2.75) is 43.5 Å². The van der Waals surface area contributed by atoms with Crippen molar-refractivity contribution in [3.05, 3.63) is 59.1 Å². The molecule has 2 aromatic carbocycles. The number of para-hydroxylation sites is 1. The van der Waals surface area contributed by atoms with E-state index in [9.17, 15) is 4.79 Å². The van der Waals surface area contributed by atoms with E-state index >= 15 is 0 Å². The molecular weight excluding hydrogens is 394 g/mol. The number of nitrogens with zero attached hydrogens (tertiary/aromatic N) is 4. The number of benzene rings is 2. The standard InChI is InChI=1S/C20H22ClN5OS/c1-4-13(2)17-10-5-6-11-18(17)22-19(27)14(3)28-20-23-24-25-26(20)16-9-7-8-15(21)12-16/h5-14H,4H2,1-3H3,(H,22,27)/t13-,14+/m0/s1. The molecule has 146 valence electrons. The Kier molecular flexibility index (Phi) is 6.70. The number of carbonyl (C=O) groups is 1.